The number of nitrogens with two attached hydrogens (primary N) is 1. The van der Waals surface area contributed by atoms with Crippen LogP contribution in [0.1, 0.15) is 12.8 Å². The maximum atomic E-state index is 12.1. The Kier molecular flexibility index (Phi) is 4.79. The normalized spacial score (nSPS) is 16.9. The fraction of sp³-hybridized carbons (Fsp3) is 0.417. The summed E-state index contributed by atoms with van der Waals surface area (Å²) in [6.07, 6.45) is 1.61. The smallest absolute Gasteiger partial charge is 0.238 e. The summed E-state index contributed by atoms with van der Waals surface area (Å²) in [4.78, 5) is 12.1. The fourth-order valence-electron chi connectivity index (χ4n) is 2.09. The van der Waals surface area contributed by atoms with Crippen molar-refractivity contribution in [3.05, 3.63) is 22.7 Å². The van der Waals surface area contributed by atoms with Crippen LogP contribution in [0.2, 0.25) is 0 Å². The molecule has 1 amide bonds. The first kappa shape index (κ1) is 15.4. The Bertz CT molecular complexity index is 612. The molecule has 0 radical (unpaired) electrons. The van der Waals surface area contributed by atoms with Crippen LogP contribution in [0.4, 0.5) is 5.69 Å². The molecule has 6 nitrogen and oxygen atoms in total. The van der Waals surface area contributed by atoms with E-state index in [0.717, 1.165) is 25.9 Å². The van der Waals surface area contributed by atoms with Gasteiger partial charge in [0, 0.05) is 10.4 Å². The Labute approximate surface area is 126 Å². The number of hydrogen-bond acceptors (Lipinski definition) is 4. The Morgan fingerprint density at radius 2 is 2.00 bits per heavy atom. The van der Waals surface area contributed by atoms with Crippen molar-refractivity contribution in [2.45, 2.75) is 17.7 Å². The predicted molar refractivity (Wildman–Crippen MR) is 79.7 cm³/mol. The second-order valence-corrected chi connectivity index (χ2v) is 7.12. The standard InChI is InChI=1S/C12H16BrN3O3S/c13-10-7-9(20(14,18)19)1-2-11(10)16-12(17)8-3-5-15-6-4-8/h1-2,7-8,15H,3-6H2,(H,16,17)(H2,14,18,19). The minimum atomic E-state index is -3.74. The van der Waals surface area contributed by atoms with Gasteiger partial charge < -0.3 is 10.6 Å². The third-order valence-electron chi connectivity index (χ3n) is 3.24. The number of carbonyl (C=O) groups excluding carboxylic acids is 1. The SMILES string of the molecule is NS(=O)(=O)c1ccc(NC(=O)C2CCNCC2)c(Br)c1. The lowest BCUT2D eigenvalue weighted by molar-refractivity contribution is -0.120. The van der Waals surface area contributed by atoms with Crippen molar-refractivity contribution in [2.24, 2.45) is 11.1 Å². The summed E-state index contributed by atoms with van der Waals surface area (Å²) in [5.74, 6) is -0.0587. The molecule has 2 rings (SSSR count). The van der Waals surface area contributed by atoms with Crippen LogP contribution < -0.4 is 15.8 Å². The molecule has 0 aliphatic carbocycles. The molecule has 0 saturated carbocycles. The van der Waals surface area contributed by atoms with Crippen molar-refractivity contribution < 1.29 is 13.2 Å². The molecule has 8 heteroatoms. The predicted octanol–water partition coefficient (Wildman–Crippen LogP) is 1.03. The number of hydrogen-bond donors (Lipinski definition) is 3. The van der Waals surface area contributed by atoms with Crippen LogP contribution in [0.15, 0.2) is 27.6 Å². The van der Waals surface area contributed by atoms with E-state index in [-0.39, 0.29) is 16.7 Å². The number of sulfonamides is 1. The van der Waals surface area contributed by atoms with E-state index in [2.05, 4.69) is 26.6 Å². The Balaban J connectivity index is 2.11. The molecular weight excluding hydrogens is 346 g/mol. The van der Waals surface area contributed by atoms with Crippen LogP contribution in [0.3, 0.4) is 0 Å². The van der Waals surface area contributed by atoms with Crippen LogP contribution in [0, 0.1) is 5.92 Å². The molecule has 20 heavy (non-hydrogen) atoms. The van der Waals surface area contributed by atoms with Crippen molar-refractivity contribution in [3.63, 3.8) is 0 Å². The van der Waals surface area contributed by atoms with Gasteiger partial charge >= 0.3 is 0 Å². The van der Waals surface area contributed by atoms with Gasteiger partial charge in [0.05, 0.1) is 10.6 Å². The van der Waals surface area contributed by atoms with Crippen molar-refractivity contribution in [3.8, 4) is 0 Å². The topological polar surface area (TPSA) is 101 Å². The molecule has 1 aromatic carbocycles. The van der Waals surface area contributed by atoms with Crippen LogP contribution in [-0.2, 0) is 14.8 Å². The number of carbonyl (C=O) groups is 1. The van der Waals surface area contributed by atoms with Gasteiger partial charge in [0.25, 0.3) is 0 Å². The van der Waals surface area contributed by atoms with E-state index in [1.165, 1.54) is 18.2 Å². The molecule has 0 bridgehead atoms. The van der Waals surface area contributed by atoms with Gasteiger partial charge in [-0.2, -0.15) is 0 Å². The highest BCUT2D eigenvalue weighted by Crippen LogP contribution is 2.26. The number of piperidine rings is 1. The summed E-state index contributed by atoms with van der Waals surface area (Å²) in [7, 11) is -3.74. The van der Waals surface area contributed by atoms with Crippen molar-refractivity contribution in [1.82, 2.24) is 5.32 Å². The van der Waals surface area contributed by atoms with Gasteiger partial charge in [0.1, 0.15) is 0 Å². The molecule has 0 spiro atoms. The maximum absolute atomic E-state index is 12.1. The average molecular weight is 362 g/mol. The zero-order chi connectivity index (χ0) is 14.8. The Morgan fingerprint density at radius 1 is 1.35 bits per heavy atom. The van der Waals surface area contributed by atoms with Crippen molar-refractivity contribution in [1.29, 1.82) is 0 Å². The Hall–Kier alpha value is -0.960. The second kappa shape index (κ2) is 6.21. The number of anilines is 1. The third-order valence-corrected chi connectivity index (χ3v) is 4.80. The van der Waals surface area contributed by atoms with Crippen molar-refractivity contribution in [2.75, 3.05) is 18.4 Å². The molecule has 1 fully saturated rings. The van der Waals surface area contributed by atoms with E-state index in [1.54, 1.807) is 0 Å². The largest absolute Gasteiger partial charge is 0.325 e. The molecule has 110 valence electrons. The molecule has 0 atom stereocenters. The molecule has 1 saturated heterocycles. The molecule has 1 aromatic rings. The molecule has 1 aliphatic heterocycles. The lowest BCUT2D eigenvalue weighted by Crippen LogP contribution is -2.34. The van der Waals surface area contributed by atoms with Crippen LogP contribution >= 0.6 is 15.9 Å². The highest BCUT2D eigenvalue weighted by Gasteiger charge is 2.21. The third kappa shape index (κ3) is 3.78. The number of halogens is 1. The molecule has 1 aliphatic rings. The number of nitrogens with one attached hydrogen (secondary N) is 2. The monoisotopic (exact) mass is 361 g/mol. The van der Waals surface area contributed by atoms with Gasteiger partial charge in [0.15, 0.2) is 0 Å². The minimum absolute atomic E-state index is 0.00393. The summed E-state index contributed by atoms with van der Waals surface area (Å²) >= 11 is 3.25. The summed E-state index contributed by atoms with van der Waals surface area (Å²) in [5.41, 5.74) is 0.543. The first-order chi connectivity index (χ1) is 9.38. The number of amides is 1. The van der Waals surface area contributed by atoms with Gasteiger partial charge in [-0.15, -0.1) is 0 Å². The van der Waals surface area contributed by atoms with E-state index in [4.69, 9.17) is 5.14 Å². The van der Waals surface area contributed by atoms with Gasteiger partial charge in [-0.3, -0.25) is 4.79 Å². The van der Waals surface area contributed by atoms with E-state index in [9.17, 15) is 13.2 Å². The lowest BCUT2D eigenvalue weighted by Gasteiger charge is -2.22. The summed E-state index contributed by atoms with van der Waals surface area (Å²) in [6, 6.07) is 4.29. The van der Waals surface area contributed by atoms with Crippen molar-refractivity contribution >= 4 is 37.5 Å². The minimum Gasteiger partial charge on any atom is -0.325 e. The van der Waals surface area contributed by atoms with E-state index >= 15 is 0 Å². The first-order valence-corrected chi connectivity index (χ1v) is 8.56. The molecule has 1 heterocycles. The van der Waals surface area contributed by atoms with E-state index in [0.29, 0.717) is 10.2 Å². The van der Waals surface area contributed by atoms with Gasteiger partial charge in [0.2, 0.25) is 15.9 Å². The van der Waals surface area contributed by atoms with E-state index in [1.807, 2.05) is 0 Å². The number of primary sulfonamides is 1. The van der Waals surface area contributed by atoms with Gasteiger partial charge in [-0.05, 0) is 60.1 Å². The number of rotatable bonds is 3. The molecule has 0 unspecified atom stereocenters. The molecular formula is C12H16BrN3O3S. The molecule has 4 N–H and O–H groups in total. The van der Waals surface area contributed by atoms with Crippen LogP contribution in [0.5, 0.6) is 0 Å². The quantitative estimate of drug-likeness (QED) is 0.748. The lowest BCUT2D eigenvalue weighted by atomic mass is 9.97. The average Bonchev–Trinajstić information content (AvgIpc) is 2.41. The zero-order valence-corrected chi connectivity index (χ0v) is 13.1. The summed E-state index contributed by atoms with van der Waals surface area (Å²) in [5, 5.41) is 11.1. The van der Waals surface area contributed by atoms with E-state index < -0.39 is 10.0 Å². The number of benzene rings is 1. The summed E-state index contributed by atoms with van der Waals surface area (Å²) < 4.78 is 22.9. The highest BCUT2D eigenvalue weighted by atomic mass is 79.9. The second-order valence-electron chi connectivity index (χ2n) is 4.70. The maximum Gasteiger partial charge on any atom is 0.238 e. The first-order valence-electron chi connectivity index (χ1n) is 6.22. The van der Waals surface area contributed by atoms with Crippen LogP contribution in [0.25, 0.3) is 0 Å². The van der Waals surface area contributed by atoms with Crippen LogP contribution in [-0.4, -0.2) is 27.4 Å². The highest BCUT2D eigenvalue weighted by molar-refractivity contribution is 9.10. The molecule has 0 aromatic heterocycles. The zero-order valence-electron chi connectivity index (χ0n) is 10.7. The fourth-order valence-corrected chi connectivity index (χ4v) is 3.26. The van der Waals surface area contributed by atoms with Gasteiger partial charge in [-0.25, -0.2) is 13.6 Å². The van der Waals surface area contributed by atoms with Gasteiger partial charge in [-0.1, -0.05) is 0 Å². The Morgan fingerprint density at radius 3 is 2.55 bits per heavy atom. The summed E-state index contributed by atoms with van der Waals surface area (Å²) in [6.45, 7) is 1.67.